The summed E-state index contributed by atoms with van der Waals surface area (Å²) < 4.78 is 10.9. The minimum absolute atomic E-state index is 0. The Hall–Kier alpha value is -0.820. The van der Waals surface area contributed by atoms with Crippen molar-refractivity contribution in [3.63, 3.8) is 0 Å². The summed E-state index contributed by atoms with van der Waals surface area (Å²) >= 11 is -1.42. The molecule has 0 unspecified atom stereocenters. The topological polar surface area (TPSA) is 93.7 Å². The second-order valence-corrected chi connectivity index (χ2v) is 3.45. The molecule has 0 aliphatic carbocycles. The van der Waals surface area contributed by atoms with Crippen LogP contribution < -0.4 is 11.3 Å². The van der Waals surface area contributed by atoms with Gasteiger partial charge in [-0.15, -0.1) is 0 Å². The smallest absolute Gasteiger partial charge is 0.182 e. The number of rotatable bonds is 2. The normalized spacial score (nSPS) is 8.67. The molecule has 5 heteroatoms. The number of carboxylic acids is 1. The lowest BCUT2D eigenvalue weighted by Gasteiger charge is -2.02. The third kappa shape index (κ3) is 2.35. The number of benzene rings is 1. The van der Waals surface area contributed by atoms with Crippen LogP contribution in [0.3, 0.4) is 0 Å². The van der Waals surface area contributed by atoms with Gasteiger partial charge in [0, 0.05) is 5.56 Å². The second kappa shape index (κ2) is 4.94. The molecule has 66 valence electrons. The molecule has 0 heterocycles. The highest BCUT2D eigenvalue weighted by Crippen LogP contribution is 2.14. The van der Waals surface area contributed by atoms with E-state index in [0.717, 1.165) is 0 Å². The summed E-state index contributed by atoms with van der Waals surface area (Å²) in [7, 11) is 0. The van der Waals surface area contributed by atoms with Gasteiger partial charge < -0.3 is 16.1 Å². The summed E-state index contributed by atoms with van der Waals surface area (Å²) in [5.74, 6) is -1.27. The van der Waals surface area contributed by atoms with Gasteiger partial charge in [-0.3, -0.25) is 3.07 Å². The van der Waals surface area contributed by atoms with Crippen molar-refractivity contribution in [1.29, 1.82) is 0 Å². The molecule has 0 aliphatic heterocycles. The van der Waals surface area contributed by atoms with E-state index in [9.17, 15) is 13.0 Å². The third-order valence-electron chi connectivity index (χ3n) is 1.18. The number of carboxylic acid groups (broad SMARTS) is 1. The standard InChI is InChI=1S/C7H5IO3.H3N/c9-7(10)5-3-1-2-4-6(5)8-11;/h1-4H,(H,9,10);1H3. The Morgan fingerprint density at radius 2 is 1.92 bits per heavy atom. The lowest BCUT2D eigenvalue weighted by atomic mass is 10.2. The number of carbonyl (C=O) groups excluding carboxylic acids is 1. The van der Waals surface area contributed by atoms with Crippen molar-refractivity contribution in [3.8, 4) is 0 Å². The molecule has 0 saturated heterocycles. The third-order valence-corrected chi connectivity index (χ3v) is 2.59. The van der Waals surface area contributed by atoms with Crippen molar-refractivity contribution in [2.24, 2.45) is 0 Å². The van der Waals surface area contributed by atoms with Crippen LogP contribution in [0.1, 0.15) is 10.4 Å². The molecule has 0 spiro atoms. The van der Waals surface area contributed by atoms with Crippen molar-refractivity contribution in [2.45, 2.75) is 0 Å². The minimum atomic E-state index is -1.42. The van der Waals surface area contributed by atoms with Gasteiger partial charge in [0.2, 0.25) is 0 Å². The lowest BCUT2D eigenvalue weighted by molar-refractivity contribution is -0.255. The molecule has 0 aromatic heterocycles. The quantitative estimate of drug-likeness (QED) is 0.816. The number of quaternary nitrogens is 1. The molecule has 0 radical (unpaired) electrons. The molecule has 0 bridgehead atoms. The van der Waals surface area contributed by atoms with Crippen LogP contribution >= 0.6 is 21.2 Å². The Labute approximate surface area is 79.8 Å². The summed E-state index contributed by atoms with van der Waals surface area (Å²) in [6.07, 6.45) is 0. The lowest BCUT2D eigenvalue weighted by Crippen LogP contribution is -2.23. The van der Waals surface area contributed by atoms with Crippen LogP contribution in [-0.2, 0) is 3.07 Å². The Morgan fingerprint density at radius 1 is 1.33 bits per heavy atom. The summed E-state index contributed by atoms with van der Waals surface area (Å²) in [5, 5.41) is 10.3. The molecule has 0 amide bonds. The van der Waals surface area contributed by atoms with Crippen molar-refractivity contribution in [1.82, 2.24) is 6.15 Å². The van der Waals surface area contributed by atoms with E-state index in [-0.39, 0.29) is 11.7 Å². The fourth-order valence-corrected chi connectivity index (χ4v) is 1.69. The molecule has 0 aliphatic rings. The number of hydrogen-bond donors (Lipinski definition) is 1. The first-order chi connectivity index (χ1) is 5.25. The van der Waals surface area contributed by atoms with Gasteiger partial charge in [-0.05, 0) is 6.07 Å². The van der Waals surface area contributed by atoms with Gasteiger partial charge in [-0.25, -0.2) is 0 Å². The SMILES string of the molecule is O=Ic1ccccc1C(=O)[O-].[NH4+]. The largest absolute Gasteiger partial charge is 0.545 e. The highest BCUT2D eigenvalue weighted by Gasteiger charge is 1.99. The molecule has 0 fully saturated rings. The molecule has 4 nitrogen and oxygen atoms in total. The molecule has 4 N–H and O–H groups in total. The zero-order chi connectivity index (χ0) is 8.27. The van der Waals surface area contributed by atoms with E-state index in [4.69, 9.17) is 0 Å². The fraction of sp³-hybridized carbons (Fsp3) is 0. The van der Waals surface area contributed by atoms with Crippen molar-refractivity contribution in [2.75, 3.05) is 0 Å². The number of halogens is 1. The maximum absolute atomic E-state index is 10.5. The van der Waals surface area contributed by atoms with Crippen LogP contribution in [0.25, 0.3) is 0 Å². The van der Waals surface area contributed by atoms with Gasteiger partial charge in [-0.1, -0.05) is 18.2 Å². The summed E-state index contributed by atoms with van der Waals surface area (Å²) in [5.41, 5.74) is 0.0373. The summed E-state index contributed by atoms with van der Waals surface area (Å²) in [4.78, 5) is 10.3. The fourth-order valence-electron chi connectivity index (χ4n) is 0.694. The van der Waals surface area contributed by atoms with Crippen LogP contribution in [0, 0.1) is 3.57 Å². The Kier molecular flexibility index (Phi) is 4.60. The molecule has 12 heavy (non-hydrogen) atoms. The van der Waals surface area contributed by atoms with Gasteiger partial charge in [0.1, 0.15) is 0 Å². The second-order valence-electron chi connectivity index (χ2n) is 1.84. The van der Waals surface area contributed by atoms with E-state index in [0.29, 0.717) is 3.57 Å². The zero-order valence-electron chi connectivity index (χ0n) is 6.41. The first-order valence-electron chi connectivity index (χ1n) is 2.83. The molecule has 1 aromatic rings. The van der Waals surface area contributed by atoms with Crippen LogP contribution in [0.2, 0.25) is 0 Å². The Balaban J connectivity index is 0.00000121. The highest BCUT2D eigenvalue weighted by atomic mass is 127. The molecular weight excluding hydrogens is 273 g/mol. The minimum Gasteiger partial charge on any atom is -0.545 e. The highest BCUT2D eigenvalue weighted by molar-refractivity contribution is 14.1. The summed E-state index contributed by atoms with van der Waals surface area (Å²) in [6, 6.07) is 6.15. The predicted molar refractivity (Wildman–Crippen MR) is 50.2 cm³/mol. The molecule has 0 atom stereocenters. The van der Waals surface area contributed by atoms with Crippen LogP contribution in [0.15, 0.2) is 24.3 Å². The monoisotopic (exact) mass is 281 g/mol. The van der Waals surface area contributed by atoms with Gasteiger partial charge in [0.15, 0.2) is 21.2 Å². The first-order valence-corrected chi connectivity index (χ1v) is 4.79. The van der Waals surface area contributed by atoms with Gasteiger partial charge in [-0.2, -0.15) is 0 Å². The predicted octanol–water partition coefficient (Wildman–Crippen LogP) is 0.912. The Bertz CT molecular complexity index is 300. The van der Waals surface area contributed by atoms with Gasteiger partial charge in [0.05, 0.1) is 9.54 Å². The zero-order valence-corrected chi connectivity index (χ0v) is 8.57. The average molecular weight is 281 g/mol. The van der Waals surface area contributed by atoms with Crippen molar-refractivity contribution >= 4 is 27.2 Å². The Morgan fingerprint density at radius 3 is 2.33 bits per heavy atom. The van der Waals surface area contributed by atoms with E-state index in [1.54, 1.807) is 12.1 Å². The first kappa shape index (κ1) is 11.2. The van der Waals surface area contributed by atoms with E-state index < -0.39 is 27.2 Å². The number of hydrogen-bond acceptors (Lipinski definition) is 3. The molecule has 1 aromatic carbocycles. The molecule has 0 saturated carbocycles. The average Bonchev–Trinajstić information content (AvgIpc) is 2.04. The maximum atomic E-state index is 10.5. The van der Waals surface area contributed by atoms with Crippen molar-refractivity contribution < 1.29 is 13.0 Å². The van der Waals surface area contributed by atoms with E-state index in [2.05, 4.69) is 0 Å². The molecular formula is C7H8INO3. The maximum Gasteiger partial charge on any atom is 0.182 e. The summed E-state index contributed by atoms with van der Waals surface area (Å²) in [6.45, 7) is 0. The number of aromatic carboxylic acids is 1. The van der Waals surface area contributed by atoms with Gasteiger partial charge in [0.25, 0.3) is 0 Å². The number of carbonyl (C=O) groups is 1. The van der Waals surface area contributed by atoms with Crippen LogP contribution in [0.4, 0.5) is 0 Å². The van der Waals surface area contributed by atoms with Gasteiger partial charge >= 0.3 is 0 Å². The van der Waals surface area contributed by atoms with E-state index >= 15 is 0 Å². The van der Waals surface area contributed by atoms with E-state index in [1.807, 2.05) is 0 Å². The van der Waals surface area contributed by atoms with E-state index in [1.165, 1.54) is 12.1 Å². The molecule has 1 rings (SSSR count). The van der Waals surface area contributed by atoms with Crippen LogP contribution in [-0.4, -0.2) is 5.97 Å². The van der Waals surface area contributed by atoms with Crippen LogP contribution in [0.5, 0.6) is 0 Å². The van der Waals surface area contributed by atoms with Crippen molar-refractivity contribution in [3.05, 3.63) is 33.4 Å².